The number of hydrogen-bond donors (Lipinski definition) is 3. The van der Waals surface area contributed by atoms with Gasteiger partial charge in [0.2, 0.25) is 0 Å². The second-order valence-corrected chi connectivity index (χ2v) is 11.1. The molecule has 0 unspecified atom stereocenters. The summed E-state index contributed by atoms with van der Waals surface area (Å²) in [5.41, 5.74) is 0.282. The number of cyclic esters (lactones) is 1. The fourth-order valence-electron chi connectivity index (χ4n) is 5.97. The number of carbonyl (C=O) groups excluding carboxylic acids is 1. The number of allylic oxidation sites excluding steroid dienone is 2. The quantitative estimate of drug-likeness (QED) is 0.482. The lowest BCUT2D eigenvalue weighted by atomic mass is 9.82. The Balaban J connectivity index is 2.30. The standard InChI is InChI=1S/C28H43NO6/c1-17-12-18(2)14-20(4)27(32)21(16-29)8-5-6-11-25(22-9-7-10-23(22)28(33)34)35-26(31)15-24(30)19(3)13-17/h5-6,8,17-20,22-25,27,30,32H,7,9-15H2,1-4H3,(H,33,34)/b6-5-,21-8-/t17-,18+,19-,20+,22-,23+,24+,25-,27+/m1/s1. The van der Waals surface area contributed by atoms with Crippen molar-refractivity contribution in [1.82, 2.24) is 0 Å². The summed E-state index contributed by atoms with van der Waals surface area (Å²) >= 11 is 0. The molecular formula is C28H43NO6. The molecule has 1 aliphatic carbocycles. The van der Waals surface area contributed by atoms with Gasteiger partial charge in [0.05, 0.1) is 36.2 Å². The Bertz CT molecular complexity index is 815. The second kappa shape index (κ2) is 13.8. The number of carboxylic acids is 1. The first-order valence-corrected chi connectivity index (χ1v) is 13.1. The van der Waals surface area contributed by atoms with Crippen molar-refractivity contribution in [3.05, 3.63) is 23.8 Å². The smallest absolute Gasteiger partial charge is 0.308 e. The van der Waals surface area contributed by atoms with Crippen molar-refractivity contribution in [2.75, 3.05) is 0 Å². The minimum Gasteiger partial charge on any atom is -0.481 e. The van der Waals surface area contributed by atoms with Crippen LogP contribution in [0.3, 0.4) is 0 Å². The lowest BCUT2D eigenvalue weighted by Gasteiger charge is -2.28. The maximum absolute atomic E-state index is 12.7. The number of aliphatic hydroxyl groups excluding tert-OH is 2. The van der Waals surface area contributed by atoms with Crippen LogP contribution in [0, 0.1) is 46.8 Å². The van der Waals surface area contributed by atoms with E-state index in [1.54, 1.807) is 18.2 Å². The van der Waals surface area contributed by atoms with Crippen molar-refractivity contribution in [3.8, 4) is 6.07 Å². The van der Waals surface area contributed by atoms with Crippen LogP contribution in [0.15, 0.2) is 23.8 Å². The number of hydrogen-bond acceptors (Lipinski definition) is 6. The molecule has 3 N–H and O–H groups in total. The molecule has 1 saturated carbocycles. The Labute approximate surface area is 209 Å². The molecule has 1 fully saturated rings. The van der Waals surface area contributed by atoms with Crippen LogP contribution < -0.4 is 0 Å². The van der Waals surface area contributed by atoms with Crippen LogP contribution in [0.1, 0.15) is 79.1 Å². The average molecular weight is 490 g/mol. The van der Waals surface area contributed by atoms with Crippen LogP contribution in [-0.2, 0) is 14.3 Å². The predicted octanol–water partition coefficient (Wildman–Crippen LogP) is 4.64. The molecule has 9 atom stereocenters. The molecule has 0 radical (unpaired) electrons. The molecular weight excluding hydrogens is 446 g/mol. The SMILES string of the molecule is C[C@@H]1C[C@H](C)C[C@H](C)[C@H](O)/C(C#N)=C\C=C/C[C@H]([C@@H]2CCC[C@@H]2C(=O)O)OC(=O)C[C@H](O)[C@H](C)C1. The molecule has 0 amide bonds. The van der Waals surface area contributed by atoms with Crippen LogP contribution in [0.5, 0.6) is 0 Å². The lowest BCUT2D eigenvalue weighted by molar-refractivity contribution is -0.159. The van der Waals surface area contributed by atoms with Gasteiger partial charge in [-0.2, -0.15) is 5.26 Å². The van der Waals surface area contributed by atoms with Gasteiger partial charge >= 0.3 is 11.9 Å². The van der Waals surface area contributed by atoms with Gasteiger partial charge in [0.25, 0.3) is 0 Å². The third kappa shape index (κ3) is 8.77. The van der Waals surface area contributed by atoms with Crippen LogP contribution >= 0.6 is 0 Å². The Morgan fingerprint density at radius 3 is 2.34 bits per heavy atom. The van der Waals surface area contributed by atoms with Gasteiger partial charge in [0, 0.05) is 12.3 Å². The van der Waals surface area contributed by atoms with E-state index in [9.17, 15) is 30.2 Å². The van der Waals surface area contributed by atoms with E-state index in [0.717, 1.165) is 25.7 Å². The highest BCUT2D eigenvalue weighted by molar-refractivity contribution is 5.72. The van der Waals surface area contributed by atoms with Gasteiger partial charge in [0.1, 0.15) is 6.10 Å². The van der Waals surface area contributed by atoms with E-state index in [1.165, 1.54) is 0 Å². The zero-order chi connectivity index (χ0) is 26.1. The van der Waals surface area contributed by atoms with Crippen molar-refractivity contribution in [2.24, 2.45) is 35.5 Å². The third-order valence-electron chi connectivity index (χ3n) is 7.80. The molecule has 0 aromatic rings. The minimum atomic E-state index is -0.882. The summed E-state index contributed by atoms with van der Waals surface area (Å²) < 4.78 is 5.77. The van der Waals surface area contributed by atoms with Gasteiger partial charge in [-0.1, -0.05) is 46.3 Å². The average Bonchev–Trinajstić information content (AvgIpc) is 3.27. The summed E-state index contributed by atoms with van der Waals surface area (Å²) in [5, 5.41) is 40.6. The van der Waals surface area contributed by atoms with E-state index < -0.39 is 36.2 Å². The molecule has 1 aliphatic heterocycles. The van der Waals surface area contributed by atoms with Crippen molar-refractivity contribution in [2.45, 2.75) is 97.4 Å². The van der Waals surface area contributed by atoms with E-state index in [2.05, 4.69) is 19.9 Å². The first-order chi connectivity index (χ1) is 16.5. The minimum absolute atomic E-state index is 0.0816. The molecule has 0 bridgehead atoms. The predicted molar refractivity (Wildman–Crippen MR) is 133 cm³/mol. The molecule has 0 aromatic carbocycles. The summed E-state index contributed by atoms with van der Waals surface area (Å²) in [6.07, 6.45) is 7.33. The molecule has 7 nitrogen and oxygen atoms in total. The van der Waals surface area contributed by atoms with Crippen LogP contribution in [0.25, 0.3) is 0 Å². The number of carbonyl (C=O) groups is 2. The molecule has 2 aliphatic rings. The van der Waals surface area contributed by atoms with Crippen LogP contribution in [0.2, 0.25) is 0 Å². The zero-order valence-electron chi connectivity index (χ0n) is 21.6. The van der Waals surface area contributed by atoms with Gasteiger partial charge in [-0.05, 0) is 61.9 Å². The Morgan fingerprint density at radius 2 is 1.71 bits per heavy atom. The summed E-state index contributed by atoms with van der Waals surface area (Å²) in [5.74, 6) is -1.77. The Morgan fingerprint density at radius 1 is 1.06 bits per heavy atom. The summed E-state index contributed by atoms with van der Waals surface area (Å²) in [4.78, 5) is 24.5. The fraction of sp³-hybridized carbons (Fsp3) is 0.750. The number of esters is 1. The molecule has 1 heterocycles. The van der Waals surface area contributed by atoms with E-state index in [0.29, 0.717) is 31.1 Å². The third-order valence-corrected chi connectivity index (χ3v) is 7.80. The number of carboxylic acid groups (broad SMARTS) is 1. The van der Waals surface area contributed by atoms with Gasteiger partial charge in [-0.15, -0.1) is 0 Å². The highest BCUT2D eigenvalue weighted by atomic mass is 16.5. The van der Waals surface area contributed by atoms with E-state index in [4.69, 9.17) is 4.74 Å². The van der Waals surface area contributed by atoms with E-state index >= 15 is 0 Å². The van der Waals surface area contributed by atoms with E-state index in [-0.39, 0.29) is 29.7 Å². The molecule has 0 spiro atoms. The monoisotopic (exact) mass is 489 g/mol. The number of rotatable bonds is 2. The van der Waals surface area contributed by atoms with Crippen molar-refractivity contribution < 1.29 is 29.6 Å². The van der Waals surface area contributed by atoms with Crippen molar-refractivity contribution in [1.29, 1.82) is 5.26 Å². The van der Waals surface area contributed by atoms with E-state index in [1.807, 2.05) is 13.8 Å². The maximum Gasteiger partial charge on any atom is 0.308 e. The molecule has 0 saturated heterocycles. The number of aliphatic carboxylic acids is 1. The largest absolute Gasteiger partial charge is 0.481 e. The highest BCUT2D eigenvalue weighted by Gasteiger charge is 2.39. The van der Waals surface area contributed by atoms with Crippen LogP contribution in [-0.4, -0.2) is 45.6 Å². The Kier molecular flexibility index (Phi) is 11.5. The summed E-state index contributed by atoms with van der Waals surface area (Å²) in [6.45, 7) is 8.16. The highest BCUT2D eigenvalue weighted by Crippen LogP contribution is 2.37. The van der Waals surface area contributed by atoms with Gasteiger partial charge in [-0.3, -0.25) is 9.59 Å². The number of ether oxygens (including phenoxy) is 1. The number of nitrogens with zero attached hydrogens (tertiary/aromatic N) is 1. The summed E-state index contributed by atoms with van der Waals surface area (Å²) in [7, 11) is 0. The normalized spacial score (nSPS) is 40.9. The van der Waals surface area contributed by atoms with Gasteiger partial charge in [-0.25, -0.2) is 0 Å². The number of aliphatic hydroxyl groups is 2. The molecule has 196 valence electrons. The topological polar surface area (TPSA) is 128 Å². The van der Waals surface area contributed by atoms with Crippen LogP contribution in [0.4, 0.5) is 0 Å². The maximum atomic E-state index is 12.7. The van der Waals surface area contributed by atoms with Crippen molar-refractivity contribution >= 4 is 11.9 Å². The summed E-state index contributed by atoms with van der Waals surface area (Å²) in [6, 6.07) is 2.10. The molecule has 0 aromatic heterocycles. The first-order valence-electron chi connectivity index (χ1n) is 13.1. The molecule has 7 heteroatoms. The fourth-order valence-corrected chi connectivity index (χ4v) is 5.97. The van der Waals surface area contributed by atoms with Gasteiger partial charge < -0.3 is 20.1 Å². The number of nitriles is 1. The van der Waals surface area contributed by atoms with Gasteiger partial charge in [0.15, 0.2) is 0 Å². The van der Waals surface area contributed by atoms with Crippen molar-refractivity contribution in [3.63, 3.8) is 0 Å². The lowest BCUT2D eigenvalue weighted by Crippen LogP contribution is -2.34. The zero-order valence-corrected chi connectivity index (χ0v) is 21.6. The Hall–Kier alpha value is -2.17. The first kappa shape index (κ1) is 29.1. The molecule has 35 heavy (non-hydrogen) atoms. The molecule has 2 rings (SSSR count). The second-order valence-electron chi connectivity index (χ2n) is 11.1.